The van der Waals surface area contributed by atoms with Crippen LogP contribution < -0.4 is 20.7 Å². The number of ether oxygens (including phenoxy) is 1. The normalized spacial score (nSPS) is 22.9. The predicted octanol–water partition coefficient (Wildman–Crippen LogP) is 3.37. The van der Waals surface area contributed by atoms with E-state index in [0.717, 1.165) is 43.8 Å². The monoisotopic (exact) mass is 416 g/mol. The van der Waals surface area contributed by atoms with Crippen LogP contribution in [-0.4, -0.2) is 55.2 Å². The molecule has 166 valence electrons. The zero-order valence-electron chi connectivity index (χ0n) is 18.3. The Hall–Kier alpha value is -2.28. The van der Waals surface area contributed by atoms with Crippen LogP contribution in [0.1, 0.15) is 52.4 Å². The van der Waals surface area contributed by atoms with Crippen molar-refractivity contribution in [3.05, 3.63) is 24.3 Å². The second-order valence-corrected chi connectivity index (χ2v) is 8.54. The number of likely N-dealkylation sites (tertiary alicyclic amines) is 1. The van der Waals surface area contributed by atoms with E-state index < -0.39 is 0 Å². The van der Waals surface area contributed by atoms with Crippen molar-refractivity contribution in [1.29, 1.82) is 0 Å². The standard InChI is InChI=1S/C23H36N4O3/c1-3-30-20-10-8-18(9-11-20)24-23(29)25-19-12-14-27(15-13-19)16-22(28)26-21-7-5-4-6-17(21)2/h8-11,17,19,21H,3-7,12-16H2,1-2H3,(H,26,28)(H2,24,25,29)/t17-,21+/m0/s1. The van der Waals surface area contributed by atoms with Crippen LogP contribution in [0.3, 0.4) is 0 Å². The number of hydrogen-bond donors (Lipinski definition) is 3. The van der Waals surface area contributed by atoms with Crippen molar-refractivity contribution in [3.8, 4) is 5.75 Å². The summed E-state index contributed by atoms with van der Waals surface area (Å²) in [6, 6.07) is 7.62. The molecular formula is C23H36N4O3. The summed E-state index contributed by atoms with van der Waals surface area (Å²) in [7, 11) is 0. The van der Waals surface area contributed by atoms with E-state index in [1.165, 1.54) is 19.3 Å². The third kappa shape index (κ3) is 6.90. The van der Waals surface area contributed by atoms with E-state index in [9.17, 15) is 9.59 Å². The van der Waals surface area contributed by atoms with E-state index in [2.05, 4.69) is 27.8 Å². The van der Waals surface area contributed by atoms with Gasteiger partial charge in [-0.05, 0) is 62.8 Å². The van der Waals surface area contributed by atoms with E-state index in [0.29, 0.717) is 25.1 Å². The first-order chi connectivity index (χ1) is 14.5. The zero-order chi connectivity index (χ0) is 21.3. The van der Waals surface area contributed by atoms with Crippen LogP contribution in [0.25, 0.3) is 0 Å². The summed E-state index contributed by atoms with van der Waals surface area (Å²) in [5.41, 5.74) is 0.738. The van der Waals surface area contributed by atoms with Crippen LogP contribution in [0, 0.1) is 5.92 Å². The molecule has 1 aromatic carbocycles. The molecule has 30 heavy (non-hydrogen) atoms. The van der Waals surface area contributed by atoms with E-state index in [-0.39, 0.29) is 18.0 Å². The van der Waals surface area contributed by atoms with Gasteiger partial charge in [-0.25, -0.2) is 4.79 Å². The van der Waals surface area contributed by atoms with Crippen molar-refractivity contribution in [2.24, 2.45) is 5.92 Å². The Bertz CT molecular complexity index is 686. The van der Waals surface area contributed by atoms with E-state index in [1.54, 1.807) is 0 Å². The molecule has 0 spiro atoms. The quantitative estimate of drug-likeness (QED) is 0.636. The predicted molar refractivity (Wildman–Crippen MR) is 119 cm³/mol. The lowest BCUT2D eigenvalue weighted by Gasteiger charge is -2.33. The molecule has 1 aromatic rings. The Morgan fingerprint density at radius 2 is 1.73 bits per heavy atom. The van der Waals surface area contributed by atoms with Gasteiger partial charge in [0.15, 0.2) is 0 Å². The molecule has 7 heteroatoms. The van der Waals surface area contributed by atoms with Crippen molar-refractivity contribution in [2.45, 2.75) is 64.5 Å². The topological polar surface area (TPSA) is 82.7 Å². The fraction of sp³-hybridized carbons (Fsp3) is 0.652. The van der Waals surface area contributed by atoms with Crippen LogP contribution in [0.4, 0.5) is 10.5 Å². The molecule has 2 fully saturated rings. The molecule has 3 rings (SSSR count). The number of nitrogens with one attached hydrogen (secondary N) is 3. The van der Waals surface area contributed by atoms with Gasteiger partial charge < -0.3 is 20.7 Å². The van der Waals surface area contributed by atoms with Gasteiger partial charge in [0.1, 0.15) is 5.75 Å². The minimum atomic E-state index is -0.193. The maximum absolute atomic E-state index is 12.4. The first-order valence-electron chi connectivity index (χ1n) is 11.4. The summed E-state index contributed by atoms with van der Waals surface area (Å²) >= 11 is 0. The molecular weight excluding hydrogens is 380 g/mol. The number of anilines is 1. The van der Waals surface area contributed by atoms with Crippen LogP contribution in [-0.2, 0) is 4.79 Å². The second kappa shape index (κ2) is 11.2. The van der Waals surface area contributed by atoms with Crippen molar-refractivity contribution < 1.29 is 14.3 Å². The smallest absolute Gasteiger partial charge is 0.319 e. The minimum Gasteiger partial charge on any atom is -0.494 e. The Kier molecular flexibility index (Phi) is 8.37. The van der Waals surface area contributed by atoms with Crippen molar-refractivity contribution in [2.75, 3.05) is 31.6 Å². The number of nitrogens with zero attached hydrogens (tertiary/aromatic N) is 1. The van der Waals surface area contributed by atoms with Crippen molar-refractivity contribution in [1.82, 2.24) is 15.5 Å². The van der Waals surface area contributed by atoms with Gasteiger partial charge >= 0.3 is 6.03 Å². The summed E-state index contributed by atoms with van der Waals surface area (Å²) < 4.78 is 5.41. The first-order valence-corrected chi connectivity index (χ1v) is 11.4. The summed E-state index contributed by atoms with van der Waals surface area (Å²) in [4.78, 5) is 26.9. The average Bonchev–Trinajstić information content (AvgIpc) is 2.73. The van der Waals surface area contributed by atoms with Gasteiger partial charge in [0, 0.05) is 30.9 Å². The SMILES string of the molecule is CCOc1ccc(NC(=O)NC2CCN(CC(=O)N[C@@H]3CCCC[C@@H]3C)CC2)cc1. The van der Waals surface area contributed by atoms with Gasteiger partial charge in [-0.3, -0.25) is 9.69 Å². The molecule has 3 amide bonds. The number of carbonyl (C=O) groups excluding carboxylic acids is 2. The van der Waals surface area contributed by atoms with Gasteiger partial charge in [-0.1, -0.05) is 19.8 Å². The highest BCUT2D eigenvalue weighted by Gasteiger charge is 2.25. The van der Waals surface area contributed by atoms with E-state index in [1.807, 2.05) is 31.2 Å². The van der Waals surface area contributed by atoms with Gasteiger partial charge in [0.25, 0.3) is 0 Å². The van der Waals surface area contributed by atoms with E-state index >= 15 is 0 Å². The second-order valence-electron chi connectivity index (χ2n) is 8.54. The Labute approximate surface area is 179 Å². The molecule has 1 aliphatic carbocycles. The Morgan fingerprint density at radius 1 is 1.03 bits per heavy atom. The molecule has 7 nitrogen and oxygen atoms in total. The summed E-state index contributed by atoms with van der Waals surface area (Å²) in [6.07, 6.45) is 6.50. The lowest BCUT2D eigenvalue weighted by Crippen LogP contribution is -2.50. The van der Waals surface area contributed by atoms with Crippen LogP contribution in [0.5, 0.6) is 5.75 Å². The molecule has 1 saturated heterocycles. The number of rotatable bonds is 7. The lowest BCUT2D eigenvalue weighted by atomic mass is 9.86. The molecule has 1 heterocycles. The highest BCUT2D eigenvalue weighted by molar-refractivity contribution is 5.89. The third-order valence-electron chi connectivity index (χ3n) is 6.17. The minimum absolute atomic E-state index is 0.130. The molecule has 1 saturated carbocycles. The molecule has 0 aromatic heterocycles. The lowest BCUT2D eigenvalue weighted by molar-refractivity contribution is -0.123. The van der Waals surface area contributed by atoms with Crippen molar-refractivity contribution >= 4 is 17.6 Å². The highest BCUT2D eigenvalue weighted by atomic mass is 16.5. The summed E-state index contributed by atoms with van der Waals surface area (Å²) in [6.45, 7) is 6.89. The summed E-state index contributed by atoms with van der Waals surface area (Å²) in [5.74, 6) is 1.50. The van der Waals surface area contributed by atoms with Gasteiger partial charge in [-0.15, -0.1) is 0 Å². The fourth-order valence-corrected chi connectivity index (χ4v) is 4.38. The molecule has 0 radical (unpaired) electrons. The third-order valence-corrected chi connectivity index (χ3v) is 6.17. The Morgan fingerprint density at radius 3 is 2.40 bits per heavy atom. The molecule has 3 N–H and O–H groups in total. The number of amides is 3. The fourth-order valence-electron chi connectivity index (χ4n) is 4.38. The van der Waals surface area contributed by atoms with Gasteiger partial charge in [0.2, 0.25) is 5.91 Å². The number of benzene rings is 1. The average molecular weight is 417 g/mol. The zero-order valence-corrected chi connectivity index (χ0v) is 18.3. The largest absolute Gasteiger partial charge is 0.494 e. The number of urea groups is 1. The number of hydrogen-bond acceptors (Lipinski definition) is 4. The first kappa shape index (κ1) is 22.4. The maximum atomic E-state index is 12.4. The van der Waals surface area contributed by atoms with Crippen molar-refractivity contribution in [3.63, 3.8) is 0 Å². The maximum Gasteiger partial charge on any atom is 0.319 e. The molecule has 2 aliphatic rings. The molecule has 1 aliphatic heterocycles. The number of piperidine rings is 1. The van der Waals surface area contributed by atoms with E-state index in [4.69, 9.17) is 4.74 Å². The number of carbonyl (C=O) groups is 2. The molecule has 0 unspecified atom stereocenters. The van der Waals surface area contributed by atoms with Crippen LogP contribution >= 0.6 is 0 Å². The van der Waals surface area contributed by atoms with Gasteiger partial charge in [0.05, 0.1) is 13.2 Å². The Balaban J connectivity index is 1.34. The van der Waals surface area contributed by atoms with Crippen LogP contribution in [0.15, 0.2) is 24.3 Å². The van der Waals surface area contributed by atoms with Crippen LogP contribution in [0.2, 0.25) is 0 Å². The molecule has 2 atom stereocenters. The van der Waals surface area contributed by atoms with Gasteiger partial charge in [-0.2, -0.15) is 0 Å². The highest BCUT2D eigenvalue weighted by Crippen LogP contribution is 2.23. The summed E-state index contributed by atoms with van der Waals surface area (Å²) in [5, 5.41) is 9.14. The molecule has 0 bridgehead atoms.